The van der Waals surface area contributed by atoms with E-state index >= 15 is 0 Å². The van der Waals surface area contributed by atoms with Gasteiger partial charge in [-0.15, -0.1) is 0 Å². The second kappa shape index (κ2) is 6.52. The predicted molar refractivity (Wildman–Crippen MR) is 69.2 cm³/mol. The van der Waals surface area contributed by atoms with Gasteiger partial charge in [0.05, 0.1) is 12.8 Å². The Bertz CT molecular complexity index is 587. The molecule has 1 aromatic heterocycles. The molecule has 23 heavy (non-hydrogen) atoms. The van der Waals surface area contributed by atoms with Crippen LogP contribution in [0.4, 0.5) is 27.6 Å². The van der Waals surface area contributed by atoms with Gasteiger partial charge in [0.1, 0.15) is 11.7 Å². The Hall–Kier alpha value is -2.17. The number of aromatic nitrogens is 1. The maximum Gasteiger partial charge on any atom is 0.421 e. The summed E-state index contributed by atoms with van der Waals surface area (Å²) in [4.78, 5) is 15.1. The van der Waals surface area contributed by atoms with Crippen molar-refractivity contribution in [2.75, 3.05) is 19.4 Å². The number of pyridine rings is 1. The topological polar surface area (TPSA) is 97.5 Å². The average molecular weight is 343 g/mol. The Kier molecular flexibility index (Phi) is 5.35. The van der Waals surface area contributed by atoms with Gasteiger partial charge in [-0.2, -0.15) is 13.2 Å². The molecule has 0 aliphatic carbocycles. The van der Waals surface area contributed by atoms with Crippen molar-refractivity contribution in [3.8, 4) is 5.88 Å². The monoisotopic (exact) mass is 343 g/mol. The first-order valence-corrected chi connectivity index (χ1v) is 6.13. The van der Waals surface area contributed by atoms with E-state index < -0.39 is 53.5 Å². The minimum Gasteiger partial charge on any atom is -0.481 e. The van der Waals surface area contributed by atoms with Gasteiger partial charge in [-0.25, -0.2) is 13.8 Å². The summed E-state index contributed by atoms with van der Waals surface area (Å²) in [7, 11) is 0.914. The molecule has 0 aliphatic rings. The number of rotatable bonds is 5. The van der Waals surface area contributed by atoms with Crippen molar-refractivity contribution in [2.45, 2.75) is 25.1 Å². The molecule has 1 heterocycles. The van der Waals surface area contributed by atoms with Crippen LogP contribution in [0.3, 0.4) is 0 Å². The molecule has 0 aliphatic heterocycles. The Labute approximate surface area is 127 Å². The number of hydrogen-bond acceptors (Lipinski definition) is 5. The number of carbonyl (C=O) groups is 1. The maximum atomic E-state index is 12.8. The highest BCUT2D eigenvalue weighted by Crippen LogP contribution is 2.36. The Morgan fingerprint density at radius 3 is 2.43 bits per heavy atom. The number of nitrogens with zero attached hydrogens (tertiary/aromatic N) is 1. The summed E-state index contributed by atoms with van der Waals surface area (Å²) in [5.41, 5.74) is 2.81. The quantitative estimate of drug-likeness (QED) is 0.703. The second-order valence-electron chi connectivity index (χ2n) is 4.66. The molecule has 0 radical (unpaired) electrons. The average Bonchev–Trinajstić information content (AvgIpc) is 2.41. The smallest absolute Gasteiger partial charge is 0.421 e. The fourth-order valence-corrected chi connectivity index (χ4v) is 1.50. The van der Waals surface area contributed by atoms with E-state index in [4.69, 9.17) is 10.8 Å². The Balaban J connectivity index is 3.03. The van der Waals surface area contributed by atoms with Gasteiger partial charge in [0, 0.05) is 13.5 Å². The van der Waals surface area contributed by atoms with Crippen LogP contribution >= 0.6 is 0 Å². The van der Waals surface area contributed by atoms with E-state index in [-0.39, 0.29) is 0 Å². The fourth-order valence-electron chi connectivity index (χ4n) is 1.50. The molecule has 0 spiro atoms. The van der Waals surface area contributed by atoms with Gasteiger partial charge in [-0.05, 0) is 6.07 Å². The molecular weight excluding hydrogens is 329 g/mol. The highest BCUT2D eigenvalue weighted by atomic mass is 19.4. The number of alkyl halides is 5. The van der Waals surface area contributed by atoms with Crippen LogP contribution < -0.4 is 15.8 Å². The van der Waals surface area contributed by atoms with E-state index in [1.807, 2.05) is 5.32 Å². The lowest BCUT2D eigenvalue weighted by molar-refractivity contribution is -0.139. The molecule has 0 bridgehead atoms. The first kappa shape index (κ1) is 18.9. The number of nitrogen functional groups attached to an aromatic ring is 1. The van der Waals surface area contributed by atoms with Crippen molar-refractivity contribution < 1.29 is 36.6 Å². The van der Waals surface area contributed by atoms with Crippen LogP contribution in [0.15, 0.2) is 6.07 Å². The largest absolute Gasteiger partial charge is 0.481 e. The van der Waals surface area contributed by atoms with E-state index in [2.05, 4.69) is 9.72 Å². The SMILES string of the molecule is COc1nc(C(=O)NCC(O)C(C)(F)F)c(N)cc1C(F)(F)F. The van der Waals surface area contributed by atoms with Crippen LogP contribution in [0.1, 0.15) is 23.0 Å². The molecule has 0 saturated carbocycles. The lowest BCUT2D eigenvalue weighted by Crippen LogP contribution is -2.41. The highest BCUT2D eigenvalue weighted by molar-refractivity contribution is 5.97. The number of amides is 1. The number of aliphatic hydroxyl groups excluding tert-OH is 1. The van der Waals surface area contributed by atoms with Crippen molar-refractivity contribution in [3.63, 3.8) is 0 Å². The molecule has 6 nitrogen and oxygen atoms in total. The molecule has 1 atom stereocenters. The minimum atomic E-state index is -4.80. The van der Waals surface area contributed by atoms with Crippen molar-refractivity contribution in [3.05, 3.63) is 17.3 Å². The van der Waals surface area contributed by atoms with E-state index in [1.165, 1.54) is 0 Å². The van der Waals surface area contributed by atoms with E-state index in [9.17, 15) is 26.7 Å². The minimum absolute atomic E-state index is 0.442. The van der Waals surface area contributed by atoms with Crippen LogP contribution in [-0.4, -0.2) is 41.7 Å². The molecule has 130 valence electrons. The van der Waals surface area contributed by atoms with E-state index in [1.54, 1.807) is 0 Å². The third kappa shape index (κ3) is 4.65. The molecule has 1 amide bonds. The molecule has 4 N–H and O–H groups in total. The third-order valence-electron chi connectivity index (χ3n) is 2.77. The number of nitrogens with one attached hydrogen (secondary N) is 1. The summed E-state index contributed by atoms with van der Waals surface area (Å²) >= 11 is 0. The summed E-state index contributed by atoms with van der Waals surface area (Å²) < 4.78 is 68.2. The fraction of sp³-hybridized carbons (Fsp3) is 0.500. The van der Waals surface area contributed by atoms with E-state index in [0.29, 0.717) is 13.0 Å². The van der Waals surface area contributed by atoms with Crippen molar-refractivity contribution >= 4 is 11.6 Å². The Morgan fingerprint density at radius 2 is 2.00 bits per heavy atom. The van der Waals surface area contributed by atoms with Gasteiger partial charge in [-0.3, -0.25) is 4.79 Å². The molecule has 1 aromatic rings. The third-order valence-corrected chi connectivity index (χ3v) is 2.77. The number of ether oxygens (including phenoxy) is 1. The van der Waals surface area contributed by atoms with Gasteiger partial charge in [-0.1, -0.05) is 0 Å². The normalized spacial score (nSPS) is 13.6. The molecule has 1 rings (SSSR count). The van der Waals surface area contributed by atoms with Crippen LogP contribution in [0.25, 0.3) is 0 Å². The maximum absolute atomic E-state index is 12.8. The number of aliphatic hydroxyl groups is 1. The lowest BCUT2D eigenvalue weighted by atomic mass is 10.2. The Morgan fingerprint density at radius 1 is 1.43 bits per heavy atom. The lowest BCUT2D eigenvalue weighted by Gasteiger charge is -2.19. The van der Waals surface area contributed by atoms with Gasteiger partial charge in [0.25, 0.3) is 11.8 Å². The summed E-state index contributed by atoms with van der Waals surface area (Å²) in [5.74, 6) is -5.49. The van der Waals surface area contributed by atoms with Crippen LogP contribution in [0.5, 0.6) is 5.88 Å². The second-order valence-corrected chi connectivity index (χ2v) is 4.66. The summed E-state index contributed by atoms with van der Waals surface area (Å²) in [6, 6.07) is 0.450. The highest BCUT2D eigenvalue weighted by Gasteiger charge is 2.37. The van der Waals surface area contributed by atoms with Crippen molar-refractivity contribution in [1.29, 1.82) is 0 Å². The van der Waals surface area contributed by atoms with Crippen LogP contribution in [0, 0.1) is 0 Å². The zero-order chi connectivity index (χ0) is 18.0. The predicted octanol–water partition coefficient (Wildman–Crippen LogP) is 1.44. The summed E-state index contributed by atoms with van der Waals surface area (Å²) in [5, 5.41) is 11.0. The number of carbonyl (C=O) groups excluding carboxylic acids is 1. The standard InChI is InChI=1S/C12H14F5N3O3/c1-11(13,14)7(21)4-19-9(22)8-6(18)3-5(12(15,16)17)10(20-8)23-2/h3,7,21H,4,18H2,1-2H3,(H,19,22). The number of methoxy groups -OCH3 is 1. The first-order chi connectivity index (χ1) is 10.4. The molecule has 0 fully saturated rings. The first-order valence-electron chi connectivity index (χ1n) is 6.13. The zero-order valence-electron chi connectivity index (χ0n) is 12.0. The molecular formula is C12H14F5N3O3. The van der Waals surface area contributed by atoms with E-state index in [0.717, 1.165) is 7.11 Å². The van der Waals surface area contributed by atoms with Crippen LogP contribution in [-0.2, 0) is 6.18 Å². The van der Waals surface area contributed by atoms with Gasteiger partial charge in [0.2, 0.25) is 5.88 Å². The number of halogens is 5. The van der Waals surface area contributed by atoms with Gasteiger partial charge in [0.15, 0.2) is 5.69 Å². The van der Waals surface area contributed by atoms with Gasteiger partial charge < -0.3 is 20.9 Å². The molecule has 1 unspecified atom stereocenters. The van der Waals surface area contributed by atoms with Crippen molar-refractivity contribution in [1.82, 2.24) is 10.3 Å². The number of hydrogen-bond donors (Lipinski definition) is 3. The molecule has 11 heteroatoms. The number of anilines is 1. The summed E-state index contributed by atoms with van der Waals surface area (Å²) in [6.45, 7) is -0.398. The molecule has 0 saturated heterocycles. The van der Waals surface area contributed by atoms with Gasteiger partial charge >= 0.3 is 6.18 Å². The molecule has 0 aromatic carbocycles. The zero-order valence-corrected chi connectivity index (χ0v) is 12.0. The van der Waals surface area contributed by atoms with Crippen molar-refractivity contribution in [2.24, 2.45) is 0 Å². The summed E-state index contributed by atoms with van der Waals surface area (Å²) in [6.07, 6.45) is -6.98. The van der Waals surface area contributed by atoms with Crippen LogP contribution in [0.2, 0.25) is 0 Å². The number of nitrogens with two attached hydrogens (primary N) is 1.